The highest BCUT2D eigenvalue weighted by atomic mass is 79.9. The van der Waals surface area contributed by atoms with Gasteiger partial charge in [-0.1, -0.05) is 22.0 Å². The highest BCUT2D eigenvalue weighted by Crippen LogP contribution is 2.20. The molecule has 1 aromatic heterocycles. The molecule has 0 aliphatic carbocycles. The Balaban J connectivity index is 2.09. The zero-order chi connectivity index (χ0) is 11.0. The van der Waals surface area contributed by atoms with Gasteiger partial charge in [0.05, 0.1) is 11.9 Å². The van der Waals surface area contributed by atoms with Crippen molar-refractivity contribution >= 4 is 15.9 Å². The number of rotatable bonds is 1. The molecule has 0 spiro atoms. The summed E-state index contributed by atoms with van der Waals surface area (Å²) >= 11 is 3.49. The van der Waals surface area contributed by atoms with Crippen LogP contribution in [-0.4, -0.2) is 16.3 Å². The predicted octanol–water partition coefficient (Wildman–Crippen LogP) is 2.28. The number of hydrogen-bond acceptors (Lipinski definition) is 2. The van der Waals surface area contributed by atoms with Crippen molar-refractivity contribution < 1.29 is 0 Å². The summed E-state index contributed by atoms with van der Waals surface area (Å²) in [6.07, 6.45) is 3.00. The summed E-state index contributed by atoms with van der Waals surface area (Å²) < 4.78 is 3.13. The van der Waals surface area contributed by atoms with Gasteiger partial charge in [-0.05, 0) is 18.2 Å². The number of benzene rings is 1. The summed E-state index contributed by atoms with van der Waals surface area (Å²) in [7, 11) is 0. The summed E-state index contributed by atoms with van der Waals surface area (Å²) in [5.41, 5.74) is 3.76. The van der Waals surface area contributed by atoms with Gasteiger partial charge in [-0.15, -0.1) is 0 Å². The number of aromatic nitrogens is 2. The third kappa shape index (κ3) is 1.68. The second-order valence-electron chi connectivity index (χ2n) is 3.93. The number of nitrogens with one attached hydrogen (secondary N) is 1. The third-order valence-electron chi connectivity index (χ3n) is 2.86. The Bertz CT molecular complexity index is 519. The lowest BCUT2D eigenvalue weighted by Gasteiger charge is -2.15. The van der Waals surface area contributed by atoms with Gasteiger partial charge in [-0.25, -0.2) is 4.68 Å². The highest BCUT2D eigenvalue weighted by molar-refractivity contribution is 9.10. The lowest BCUT2D eigenvalue weighted by atomic mass is 10.1. The van der Waals surface area contributed by atoms with E-state index in [0.717, 1.165) is 29.7 Å². The van der Waals surface area contributed by atoms with Gasteiger partial charge in [0.1, 0.15) is 0 Å². The fraction of sp³-hybridized carbons (Fsp3) is 0.250. The molecule has 0 unspecified atom stereocenters. The average molecular weight is 278 g/mol. The number of nitrogens with zero attached hydrogens (tertiary/aromatic N) is 2. The van der Waals surface area contributed by atoms with E-state index in [2.05, 4.69) is 38.5 Å². The van der Waals surface area contributed by atoms with Crippen LogP contribution in [0.5, 0.6) is 0 Å². The van der Waals surface area contributed by atoms with Crippen LogP contribution < -0.4 is 5.32 Å². The SMILES string of the molecule is Brc1cccc(-n2ncc3c2CCNC3)c1. The molecular weight excluding hydrogens is 266 g/mol. The minimum atomic E-state index is 0.934. The molecule has 0 fully saturated rings. The molecule has 0 radical (unpaired) electrons. The summed E-state index contributed by atoms with van der Waals surface area (Å²) in [6.45, 7) is 1.97. The van der Waals surface area contributed by atoms with Crippen LogP contribution in [0.2, 0.25) is 0 Å². The molecule has 3 nitrogen and oxygen atoms in total. The van der Waals surface area contributed by atoms with E-state index in [-0.39, 0.29) is 0 Å². The Morgan fingerprint density at radius 2 is 2.31 bits per heavy atom. The topological polar surface area (TPSA) is 29.9 Å². The van der Waals surface area contributed by atoms with E-state index >= 15 is 0 Å². The quantitative estimate of drug-likeness (QED) is 0.867. The Morgan fingerprint density at radius 3 is 3.19 bits per heavy atom. The molecule has 0 atom stereocenters. The average Bonchev–Trinajstić information content (AvgIpc) is 2.72. The van der Waals surface area contributed by atoms with E-state index in [0.29, 0.717) is 0 Å². The van der Waals surface area contributed by atoms with Gasteiger partial charge in [0, 0.05) is 35.2 Å². The lowest BCUT2D eigenvalue weighted by Crippen LogP contribution is -2.24. The highest BCUT2D eigenvalue weighted by Gasteiger charge is 2.15. The maximum absolute atomic E-state index is 4.46. The van der Waals surface area contributed by atoms with E-state index < -0.39 is 0 Å². The second-order valence-corrected chi connectivity index (χ2v) is 4.85. The van der Waals surface area contributed by atoms with Crippen LogP contribution in [0.3, 0.4) is 0 Å². The lowest BCUT2D eigenvalue weighted by molar-refractivity contribution is 0.623. The summed E-state index contributed by atoms with van der Waals surface area (Å²) in [4.78, 5) is 0. The normalized spacial score (nSPS) is 14.8. The molecule has 0 saturated heterocycles. The molecular formula is C12H12BrN3. The molecule has 0 amide bonds. The molecule has 0 bridgehead atoms. The Hall–Kier alpha value is -1.13. The molecule has 2 heterocycles. The number of halogens is 1. The Morgan fingerprint density at radius 1 is 1.38 bits per heavy atom. The van der Waals surface area contributed by atoms with Gasteiger partial charge < -0.3 is 5.32 Å². The van der Waals surface area contributed by atoms with E-state index in [9.17, 15) is 0 Å². The van der Waals surface area contributed by atoms with Gasteiger partial charge in [0.2, 0.25) is 0 Å². The van der Waals surface area contributed by atoms with Crippen molar-refractivity contribution in [1.82, 2.24) is 15.1 Å². The minimum Gasteiger partial charge on any atom is -0.312 e. The first kappa shape index (κ1) is 10.1. The summed E-state index contributed by atoms with van der Waals surface area (Å²) in [5, 5.41) is 7.82. The molecule has 3 rings (SSSR count). The smallest absolute Gasteiger partial charge is 0.0660 e. The largest absolute Gasteiger partial charge is 0.312 e. The van der Waals surface area contributed by atoms with E-state index in [1.165, 1.54) is 11.3 Å². The van der Waals surface area contributed by atoms with Gasteiger partial charge in [-0.3, -0.25) is 0 Å². The first-order chi connectivity index (χ1) is 7.84. The van der Waals surface area contributed by atoms with Crippen LogP contribution in [0.15, 0.2) is 34.9 Å². The fourth-order valence-electron chi connectivity index (χ4n) is 2.08. The van der Waals surface area contributed by atoms with Crippen LogP contribution in [0.25, 0.3) is 5.69 Å². The predicted molar refractivity (Wildman–Crippen MR) is 66.7 cm³/mol. The monoisotopic (exact) mass is 277 g/mol. The molecule has 1 aliphatic rings. The molecule has 4 heteroatoms. The molecule has 2 aromatic rings. The van der Waals surface area contributed by atoms with Crippen LogP contribution in [0.4, 0.5) is 0 Å². The zero-order valence-corrected chi connectivity index (χ0v) is 10.4. The number of fused-ring (bicyclic) bond motifs is 1. The molecule has 1 aromatic carbocycles. The second kappa shape index (κ2) is 4.03. The van der Waals surface area contributed by atoms with Crippen molar-refractivity contribution in [1.29, 1.82) is 0 Å². The van der Waals surface area contributed by atoms with E-state index in [4.69, 9.17) is 0 Å². The van der Waals surface area contributed by atoms with Crippen LogP contribution in [0, 0.1) is 0 Å². The first-order valence-electron chi connectivity index (χ1n) is 5.37. The Labute approximate surface area is 103 Å². The fourth-order valence-corrected chi connectivity index (χ4v) is 2.47. The van der Waals surface area contributed by atoms with Gasteiger partial charge in [0.25, 0.3) is 0 Å². The van der Waals surface area contributed by atoms with Crippen molar-refractivity contribution in [3.63, 3.8) is 0 Å². The van der Waals surface area contributed by atoms with E-state index in [1.54, 1.807) is 0 Å². The van der Waals surface area contributed by atoms with Crippen LogP contribution in [0.1, 0.15) is 11.3 Å². The molecule has 1 N–H and O–H groups in total. The Kier molecular flexibility index (Phi) is 2.53. The van der Waals surface area contributed by atoms with Crippen LogP contribution >= 0.6 is 15.9 Å². The van der Waals surface area contributed by atoms with Gasteiger partial charge in [-0.2, -0.15) is 5.10 Å². The third-order valence-corrected chi connectivity index (χ3v) is 3.36. The minimum absolute atomic E-state index is 0.934. The van der Waals surface area contributed by atoms with Crippen molar-refractivity contribution in [3.05, 3.63) is 46.2 Å². The summed E-state index contributed by atoms with van der Waals surface area (Å²) in [6, 6.07) is 8.24. The van der Waals surface area contributed by atoms with Gasteiger partial charge in [0.15, 0.2) is 0 Å². The van der Waals surface area contributed by atoms with Crippen molar-refractivity contribution in [3.8, 4) is 5.69 Å². The van der Waals surface area contributed by atoms with Crippen molar-refractivity contribution in [2.45, 2.75) is 13.0 Å². The summed E-state index contributed by atoms with van der Waals surface area (Å²) in [5.74, 6) is 0. The standard InChI is InChI=1S/C12H12BrN3/c13-10-2-1-3-11(6-10)16-12-4-5-14-7-9(12)8-15-16/h1-3,6,8,14H,4-5,7H2. The molecule has 16 heavy (non-hydrogen) atoms. The maximum Gasteiger partial charge on any atom is 0.0660 e. The zero-order valence-electron chi connectivity index (χ0n) is 8.78. The van der Waals surface area contributed by atoms with Crippen molar-refractivity contribution in [2.24, 2.45) is 0 Å². The molecule has 82 valence electrons. The van der Waals surface area contributed by atoms with Gasteiger partial charge >= 0.3 is 0 Å². The molecule has 0 saturated carbocycles. The molecule has 1 aliphatic heterocycles. The van der Waals surface area contributed by atoms with E-state index in [1.807, 2.05) is 23.0 Å². The maximum atomic E-state index is 4.46. The van der Waals surface area contributed by atoms with Crippen LogP contribution in [-0.2, 0) is 13.0 Å². The number of hydrogen-bond donors (Lipinski definition) is 1. The van der Waals surface area contributed by atoms with Crippen molar-refractivity contribution in [2.75, 3.05) is 6.54 Å². The first-order valence-corrected chi connectivity index (χ1v) is 6.16.